The molecular weight excluding hydrogens is 260 g/mol. The van der Waals surface area contributed by atoms with E-state index in [1.54, 1.807) is 11.3 Å². The summed E-state index contributed by atoms with van der Waals surface area (Å²) < 4.78 is 5.22. The van der Waals surface area contributed by atoms with Gasteiger partial charge in [-0.15, -0.1) is 11.3 Å². The van der Waals surface area contributed by atoms with Gasteiger partial charge < -0.3 is 9.42 Å². The molecule has 102 valence electrons. The van der Waals surface area contributed by atoms with Crippen LogP contribution in [0.15, 0.2) is 16.1 Å². The van der Waals surface area contributed by atoms with Crippen molar-refractivity contribution in [3.8, 4) is 0 Å². The van der Waals surface area contributed by atoms with Crippen LogP contribution in [0.5, 0.6) is 0 Å². The summed E-state index contributed by atoms with van der Waals surface area (Å²) in [6, 6.07) is 0. The molecule has 0 aliphatic carbocycles. The third-order valence-corrected chi connectivity index (χ3v) is 4.46. The molecule has 0 saturated carbocycles. The van der Waals surface area contributed by atoms with Crippen molar-refractivity contribution >= 4 is 16.5 Å². The number of rotatable bonds is 3. The Morgan fingerprint density at radius 3 is 2.63 bits per heavy atom. The standard InChI is InChI=1S/C13H18N4OS/c1-10-12(11(2)18-15-10)9-16-4-6-17(7-5-16)13-14-3-8-19-13/h3,8H,4-7,9H2,1-2H3. The lowest BCUT2D eigenvalue weighted by Gasteiger charge is -2.34. The topological polar surface area (TPSA) is 45.4 Å². The minimum absolute atomic E-state index is 0.937. The second kappa shape index (κ2) is 5.30. The molecule has 1 aliphatic rings. The van der Waals surface area contributed by atoms with E-state index in [0.717, 1.165) is 49.3 Å². The molecule has 0 atom stereocenters. The largest absolute Gasteiger partial charge is 0.361 e. The summed E-state index contributed by atoms with van der Waals surface area (Å²) in [5.41, 5.74) is 2.25. The van der Waals surface area contributed by atoms with Crippen LogP contribution in [-0.4, -0.2) is 41.2 Å². The average molecular weight is 278 g/mol. The van der Waals surface area contributed by atoms with Crippen molar-refractivity contribution in [2.24, 2.45) is 0 Å². The van der Waals surface area contributed by atoms with E-state index in [-0.39, 0.29) is 0 Å². The van der Waals surface area contributed by atoms with E-state index in [9.17, 15) is 0 Å². The highest BCUT2D eigenvalue weighted by Crippen LogP contribution is 2.21. The molecule has 3 heterocycles. The number of thiazole rings is 1. The van der Waals surface area contributed by atoms with Crippen LogP contribution in [0.1, 0.15) is 17.0 Å². The van der Waals surface area contributed by atoms with Crippen molar-refractivity contribution in [3.63, 3.8) is 0 Å². The highest BCUT2D eigenvalue weighted by atomic mass is 32.1. The van der Waals surface area contributed by atoms with Crippen LogP contribution in [0, 0.1) is 13.8 Å². The molecule has 0 radical (unpaired) electrons. The Bertz CT molecular complexity index is 509. The van der Waals surface area contributed by atoms with Crippen molar-refractivity contribution < 1.29 is 4.52 Å². The molecular formula is C13H18N4OS. The molecule has 6 heteroatoms. The smallest absolute Gasteiger partial charge is 0.185 e. The summed E-state index contributed by atoms with van der Waals surface area (Å²) in [4.78, 5) is 9.18. The zero-order valence-corrected chi connectivity index (χ0v) is 12.1. The normalized spacial score (nSPS) is 17.1. The first-order chi connectivity index (χ1) is 9.24. The Morgan fingerprint density at radius 2 is 2.05 bits per heavy atom. The van der Waals surface area contributed by atoms with Crippen LogP contribution in [0.3, 0.4) is 0 Å². The molecule has 0 bridgehead atoms. The number of anilines is 1. The number of piperazine rings is 1. The van der Waals surface area contributed by atoms with Gasteiger partial charge in [-0.1, -0.05) is 5.16 Å². The summed E-state index contributed by atoms with van der Waals surface area (Å²) in [6.07, 6.45) is 1.87. The van der Waals surface area contributed by atoms with Crippen molar-refractivity contribution in [1.82, 2.24) is 15.0 Å². The van der Waals surface area contributed by atoms with Crippen LogP contribution in [0.2, 0.25) is 0 Å². The molecule has 1 aliphatic heterocycles. The average Bonchev–Trinajstić information content (AvgIpc) is 3.05. The molecule has 0 amide bonds. The van der Waals surface area contributed by atoms with Gasteiger partial charge in [-0.2, -0.15) is 0 Å². The van der Waals surface area contributed by atoms with Gasteiger partial charge in [-0.25, -0.2) is 4.98 Å². The van der Waals surface area contributed by atoms with Gasteiger partial charge >= 0.3 is 0 Å². The highest BCUT2D eigenvalue weighted by molar-refractivity contribution is 7.13. The molecule has 1 saturated heterocycles. The third kappa shape index (κ3) is 2.64. The monoisotopic (exact) mass is 278 g/mol. The van der Waals surface area contributed by atoms with E-state index < -0.39 is 0 Å². The van der Waals surface area contributed by atoms with E-state index in [2.05, 4.69) is 19.9 Å². The second-order valence-corrected chi connectivity index (χ2v) is 5.75. The lowest BCUT2D eigenvalue weighted by Crippen LogP contribution is -2.46. The maximum atomic E-state index is 5.22. The first kappa shape index (κ1) is 12.6. The van der Waals surface area contributed by atoms with Gasteiger partial charge in [0.05, 0.1) is 5.69 Å². The zero-order valence-electron chi connectivity index (χ0n) is 11.3. The molecule has 2 aromatic rings. The minimum Gasteiger partial charge on any atom is -0.361 e. The predicted molar refractivity (Wildman–Crippen MR) is 75.6 cm³/mol. The van der Waals surface area contributed by atoms with E-state index in [0.29, 0.717) is 0 Å². The quantitative estimate of drug-likeness (QED) is 0.860. The summed E-state index contributed by atoms with van der Waals surface area (Å²) in [5.74, 6) is 0.944. The molecule has 2 aromatic heterocycles. The molecule has 1 fully saturated rings. The summed E-state index contributed by atoms with van der Waals surface area (Å²) in [7, 11) is 0. The fourth-order valence-corrected chi connectivity index (χ4v) is 3.12. The maximum Gasteiger partial charge on any atom is 0.185 e. The fraction of sp³-hybridized carbons (Fsp3) is 0.538. The number of aryl methyl sites for hydroxylation is 2. The predicted octanol–water partition coefficient (Wildman–Crippen LogP) is 2.07. The van der Waals surface area contributed by atoms with E-state index in [1.165, 1.54) is 5.56 Å². The van der Waals surface area contributed by atoms with Gasteiger partial charge in [0.15, 0.2) is 5.13 Å². The molecule has 19 heavy (non-hydrogen) atoms. The van der Waals surface area contributed by atoms with Crippen molar-refractivity contribution in [1.29, 1.82) is 0 Å². The van der Waals surface area contributed by atoms with Gasteiger partial charge in [0.25, 0.3) is 0 Å². The summed E-state index contributed by atoms with van der Waals surface area (Å²) in [6.45, 7) is 9.13. The summed E-state index contributed by atoms with van der Waals surface area (Å²) >= 11 is 1.71. The van der Waals surface area contributed by atoms with Crippen LogP contribution in [-0.2, 0) is 6.54 Å². The summed E-state index contributed by atoms with van der Waals surface area (Å²) in [5, 5.41) is 7.19. The van der Waals surface area contributed by atoms with E-state index in [1.807, 2.05) is 25.4 Å². The van der Waals surface area contributed by atoms with Crippen LogP contribution < -0.4 is 4.90 Å². The molecule has 0 spiro atoms. The lowest BCUT2D eigenvalue weighted by atomic mass is 10.2. The first-order valence-electron chi connectivity index (χ1n) is 6.52. The van der Waals surface area contributed by atoms with Crippen LogP contribution in [0.25, 0.3) is 0 Å². The molecule has 3 rings (SSSR count). The van der Waals surface area contributed by atoms with Crippen molar-refractivity contribution in [2.45, 2.75) is 20.4 Å². The van der Waals surface area contributed by atoms with Gasteiger partial charge in [-0.3, -0.25) is 4.90 Å². The van der Waals surface area contributed by atoms with Crippen LogP contribution >= 0.6 is 11.3 Å². The van der Waals surface area contributed by atoms with Gasteiger partial charge in [0.2, 0.25) is 0 Å². The number of aromatic nitrogens is 2. The SMILES string of the molecule is Cc1noc(C)c1CN1CCN(c2nccs2)CC1. The number of nitrogens with zero attached hydrogens (tertiary/aromatic N) is 4. The Hall–Kier alpha value is -1.40. The van der Waals surface area contributed by atoms with Gasteiger partial charge in [0.1, 0.15) is 5.76 Å². The highest BCUT2D eigenvalue weighted by Gasteiger charge is 2.20. The van der Waals surface area contributed by atoms with Crippen LogP contribution in [0.4, 0.5) is 5.13 Å². The number of hydrogen-bond donors (Lipinski definition) is 0. The lowest BCUT2D eigenvalue weighted by molar-refractivity contribution is 0.248. The Balaban J connectivity index is 1.59. The van der Waals surface area contributed by atoms with Gasteiger partial charge in [0, 0.05) is 49.9 Å². The Labute approximate surface area is 116 Å². The first-order valence-corrected chi connectivity index (χ1v) is 7.40. The van der Waals surface area contributed by atoms with Crippen molar-refractivity contribution in [3.05, 3.63) is 28.6 Å². The molecule has 0 N–H and O–H groups in total. The van der Waals surface area contributed by atoms with E-state index >= 15 is 0 Å². The maximum absolute atomic E-state index is 5.22. The third-order valence-electron chi connectivity index (χ3n) is 3.63. The molecule has 5 nitrogen and oxygen atoms in total. The van der Waals surface area contributed by atoms with Crippen molar-refractivity contribution in [2.75, 3.05) is 31.1 Å². The zero-order chi connectivity index (χ0) is 13.2. The number of hydrogen-bond acceptors (Lipinski definition) is 6. The molecule has 0 aromatic carbocycles. The second-order valence-electron chi connectivity index (χ2n) is 4.88. The molecule has 0 unspecified atom stereocenters. The van der Waals surface area contributed by atoms with E-state index in [4.69, 9.17) is 4.52 Å². The minimum atomic E-state index is 0.937. The Morgan fingerprint density at radius 1 is 1.26 bits per heavy atom. The Kier molecular flexibility index (Phi) is 3.52. The van der Waals surface area contributed by atoms with Gasteiger partial charge in [-0.05, 0) is 13.8 Å². The fourth-order valence-electron chi connectivity index (χ4n) is 2.42.